The minimum Gasteiger partial charge on any atom is -0.506 e. The summed E-state index contributed by atoms with van der Waals surface area (Å²) >= 11 is 10.8. The first-order valence-electron chi connectivity index (χ1n) is 6.07. The highest BCUT2D eigenvalue weighted by molar-refractivity contribution is 7.80. The van der Waals surface area contributed by atoms with Gasteiger partial charge in [0, 0.05) is 13.1 Å². The van der Waals surface area contributed by atoms with Gasteiger partial charge in [-0.25, -0.2) is 0 Å². The van der Waals surface area contributed by atoms with E-state index in [1.165, 1.54) is 23.0 Å². The van der Waals surface area contributed by atoms with Gasteiger partial charge in [0.2, 0.25) is 0 Å². The third kappa shape index (κ3) is 3.73. The summed E-state index contributed by atoms with van der Waals surface area (Å²) in [5.74, 6) is -0.969. The first-order valence-corrected chi connectivity index (χ1v) is 6.85. The van der Waals surface area contributed by atoms with Gasteiger partial charge < -0.3 is 10.4 Å². The number of anilines is 1. The number of aromatic nitrogens is 2. The molecule has 0 atom stereocenters. The van der Waals surface area contributed by atoms with Gasteiger partial charge in [0.05, 0.1) is 27.9 Å². The Morgan fingerprint density at radius 1 is 1.52 bits per heavy atom. The molecular formula is C12H10ClN5O4S. The fourth-order valence-electron chi connectivity index (χ4n) is 1.72. The van der Waals surface area contributed by atoms with Crippen LogP contribution in [0.2, 0.25) is 5.02 Å². The van der Waals surface area contributed by atoms with Crippen molar-refractivity contribution in [2.75, 3.05) is 5.32 Å². The van der Waals surface area contributed by atoms with E-state index in [2.05, 4.69) is 15.7 Å². The second kappa shape index (κ2) is 6.58. The number of benzene rings is 1. The predicted molar refractivity (Wildman–Crippen MR) is 86.7 cm³/mol. The zero-order valence-electron chi connectivity index (χ0n) is 11.6. The highest BCUT2D eigenvalue weighted by atomic mass is 35.5. The molecule has 11 heteroatoms. The fourth-order valence-corrected chi connectivity index (χ4v) is 2.18. The van der Waals surface area contributed by atoms with E-state index < -0.39 is 10.8 Å². The van der Waals surface area contributed by atoms with Gasteiger partial charge in [-0.15, -0.1) is 0 Å². The molecule has 1 aromatic heterocycles. The van der Waals surface area contributed by atoms with E-state index in [0.717, 1.165) is 6.07 Å². The Kier molecular flexibility index (Phi) is 4.77. The van der Waals surface area contributed by atoms with Crippen LogP contribution in [0.25, 0.3) is 0 Å². The maximum Gasteiger partial charge on any atom is 0.277 e. The van der Waals surface area contributed by atoms with Crippen LogP contribution in [0.1, 0.15) is 10.5 Å². The molecule has 9 nitrogen and oxygen atoms in total. The largest absolute Gasteiger partial charge is 0.506 e. The molecule has 3 N–H and O–H groups in total. The molecule has 1 heterocycles. The normalized spacial score (nSPS) is 10.2. The standard InChI is InChI=1S/C12H10ClN5O4S/c1-17-10(7(13)5-14-17)11(20)16-12(23)15-8-3-2-6(18(21)22)4-9(8)19/h2-5,19H,1H3,(H2,15,16,20,23). The lowest BCUT2D eigenvalue weighted by atomic mass is 10.2. The number of phenols is 1. The Bertz CT molecular complexity index is 787. The Labute approximate surface area is 140 Å². The van der Waals surface area contributed by atoms with Crippen LogP contribution in [0.3, 0.4) is 0 Å². The molecule has 0 radical (unpaired) electrons. The number of aromatic hydroxyl groups is 1. The number of carbonyl (C=O) groups excluding carboxylic acids is 1. The SMILES string of the molecule is Cn1ncc(Cl)c1C(=O)NC(=S)Nc1ccc([N+](=O)[O-])cc1O. The fraction of sp³-hybridized carbons (Fsp3) is 0.0833. The first kappa shape index (κ1) is 16.6. The van der Waals surface area contributed by atoms with E-state index in [9.17, 15) is 20.0 Å². The molecule has 2 rings (SSSR count). The van der Waals surface area contributed by atoms with Gasteiger partial charge in [-0.05, 0) is 18.3 Å². The smallest absolute Gasteiger partial charge is 0.277 e. The third-order valence-electron chi connectivity index (χ3n) is 2.78. The number of hydrogen-bond acceptors (Lipinski definition) is 6. The minimum absolute atomic E-state index is 0.108. The Hall–Kier alpha value is -2.72. The number of phenolic OH excluding ortho intramolecular Hbond substituents is 1. The number of aryl methyl sites for hydroxylation is 1. The lowest BCUT2D eigenvalue weighted by molar-refractivity contribution is -0.384. The van der Waals surface area contributed by atoms with Gasteiger partial charge in [-0.1, -0.05) is 11.6 Å². The molecule has 0 bridgehead atoms. The van der Waals surface area contributed by atoms with Gasteiger partial charge in [0.1, 0.15) is 11.4 Å². The van der Waals surface area contributed by atoms with Crippen molar-refractivity contribution in [3.63, 3.8) is 0 Å². The third-order valence-corrected chi connectivity index (χ3v) is 3.26. The topological polar surface area (TPSA) is 122 Å². The number of rotatable bonds is 3. The van der Waals surface area contributed by atoms with Gasteiger partial charge >= 0.3 is 0 Å². The van der Waals surface area contributed by atoms with Crippen LogP contribution < -0.4 is 10.6 Å². The van der Waals surface area contributed by atoms with Crippen LogP contribution in [0.5, 0.6) is 5.75 Å². The Balaban J connectivity index is 2.08. The number of non-ortho nitro benzene ring substituents is 1. The number of carbonyl (C=O) groups is 1. The number of amides is 1. The number of nitro benzene ring substituents is 1. The van der Waals surface area contributed by atoms with E-state index >= 15 is 0 Å². The summed E-state index contributed by atoms with van der Waals surface area (Å²) in [6.07, 6.45) is 1.31. The van der Waals surface area contributed by atoms with E-state index in [1.807, 2.05) is 0 Å². The molecule has 0 fully saturated rings. The van der Waals surface area contributed by atoms with Gasteiger partial charge in [0.25, 0.3) is 11.6 Å². The highest BCUT2D eigenvalue weighted by Gasteiger charge is 2.17. The van der Waals surface area contributed by atoms with Crippen LogP contribution in [0.4, 0.5) is 11.4 Å². The van der Waals surface area contributed by atoms with Crippen LogP contribution in [0, 0.1) is 10.1 Å². The Morgan fingerprint density at radius 2 is 2.22 bits per heavy atom. The quantitative estimate of drug-likeness (QED) is 0.332. The number of nitrogens with one attached hydrogen (secondary N) is 2. The molecule has 0 unspecified atom stereocenters. The van der Waals surface area contributed by atoms with Gasteiger partial charge in [-0.2, -0.15) is 5.10 Å². The van der Waals surface area contributed by atoms with E-state index in [4.69, 9.17) is 23.8 Å². The highest BCUT2D eigenvalue weighted by Crippen LogP contribution is 2.27. The maximum absolute atomic E-state index is 12.0. The molecule has 120 valence electrons. The maximum atomic E-state index is 12.0. The summed E-state index contributed by atoms with van der Waals surface area (Å²) < 4.78 is 1.28. The van der Waals surface area contributed by atoms with Crippen LogP contribution in [-0.2, 0) is 7.05 Å². The molecule has 0 saturated heterocycles. The number of hydrogen-bond donors (Lipinski definition) is 3. The van der Waals surface area contributed by atoms with Crippen LogP contribution in [0.15, 0.2) is 24.4 Å². The lowest BCUT2D eigenvalue weighted by Gasteiger charge is -2.11. The molecule has 2 aromatic rings. The van der Waals surface area contributed by atoms with Gasteiger partial charge in [-0.3, -0.25) is 24.9 Å². The molecule has 1 aromatic carbocycles. The van der Waals surface area contributed by atoms with Crippen LogP contribution in [-0.4, -0.2) is 30.8 Å². The predicted octanol–water partition coefficient (Wildman–Crippen LogP) is 1.81. The van der Waals surface area contributed by atoms with Crippen LogP contribution >= 0.6 is 23.8 Å². The average Bonchev–Trinajstić information content (AvgIpc) is 2.80. The number of nitrogens with zero attached hydrogens (tertiary/aromatic N) is 3. The minimum atomic E-state index is -0.645. The van der Waals surface area contributed by atoms with Crippen molar-refractivity contribution in [1.29, 1.82) is 0 Å². The van der Waals surface area contributed by atoms with Crippen molar-refractivity contribution in [2.45, 2.75) is 0 Å². The Morgan fingerprint density at radius 3 is 2.74 bits per heavy atom. The van der Waals surface area contributed by atoms with Crippen molar-refractivity contribution in [2.24, 2.45) is 7.05 Å². The van der Waals surface area contributed by atoms with Crippen molar-refractivity contribution >= 4 is 46.2 Å². The molecule has 1 amide bonds. The average molecular weight is 356 g/mol. The number of thiocarbonyl (C=S) groups is 1. The second-order valence-electron chi connectivity index (χ2n) is 4.33. The lowest BCUT2D eigenvalue weighted by Crippen LogP contribution is -2.35. The first-order chi connectivity index (χ1) is 10.8. The summed E-state index contributed by atoms with van der Waals surface area (Å²) in [5, 5.41) is 29.1. The van der Waals surface area contributed by atoms with Crippen molar-refractivity contribution < 1.29 is 14.8 Å². The summed E-state index contributed by atoms with van der Waals surface area (Å²) in [4.78, 5) is 22.0. The van der Waals surface area contributed by atoms with Gasteiger partial charge in [0.15, 0.2) is 5.11 Å². The zero-order chi connectivity index (χ0) is 17.1. The molecule has 0 aliphatic rings. The molecule has 0 aliphatic carbocycles. The molecule has 0 aliphatic heterocycles. The monoisotopic (exact) mass is 355 g/mol. The summed E-state index contributed by atoms with van der Waals surface area (Å²) in [5.41, 5.74) is -0.0505. The van der Waals surface area contributed by atoms with E-state index in [1.54, 1.807) is 7.05 Å². The molecular weight excluding hydrogens is 346 g/mol. The summed E-state index contributed by atoms with van der Waals surface area (Å²) in [7, 11) is 1.54. The zero-order valence-corrected chi connectivity index (χ0v) is 13.2. The summed E-state index contributed by atoms with van der Waals surface area (Å²) in [6.45, 7) is 0. The van der Waals surface area contributed by atoms with Crippen molar-refractivity contribution in [3.8, 4) is 5.75 Å². The second-order valence-corrected chi connectivity index (χ2v) is 5.15. The summed E-state index contributed by atoms with van der Waals surface area (Å²) in [6, 6.07) is 3.41. The van der Waals surface area contributed by atoms with Crippen molar-refractivity contribution in [1.82, 2.24) is 15.1 Å². The van der Waals surface area contributed by atoms with Crippen molar-refractivity contribution in [3.05, 3.63) is 45.2 Å². The molecule has 0 spiro atoms. The molecule has 23 heavy (non-hydrogen) atoms. The van der Waals surface area contributed by atoms with E-state index in [0.29, 0.717) is 0 Å². The number of nitro groups is 1. The number of halogens is 1. The van der Waals surface area contributed by atoms with E-state index in [-0.39, 0.29) is 33.0 Å². The molecule has 0 saturated carbocycles.